The van der Waals surface area contributed by atoms with Crippen LogP contribution in [0.2, 0.25) is 0 Å². The average Bonchev–Trinajstić information content (AvgIpc) is 2.81. The molecule has 2 aromatic rings. The fraction of sp³-hybridized carbons (Fsp3) is 0.438. The number of carbonyl (C=O) groups is 1. The molecule has 19 heavy (non-hydrogen) atoms. The minimum atomic E-state index is -0.310. The summed E-state index contributed by atoms with van der Waals surface area (Å²) in [6.45, 7) is 2.18. The van der Waals surface area contributed by atoms with Gasteiger partial charge in [-0.05, 0) is 12.5 Å². The topological polar surface area (TPSA) is 39.4 Å². The predicted octanol–water partition coefficient (Wildman–Crippen LogP) is 4.34. The van der Waals surface area contributed by atoms with E-state index in [4.69, 9.17) is 9.15 Å². The Labute approximate surface area is 113 Å². The number of esters is 1. The third-order valence-electron chi connectivity index (χ3n) is 3.32. The van der Waals surface area contributed by atoms with E-state index in [1.807, 2.05) is 24.3 Å². The molecule has 0 radical (unpaired) electrons. The number of hydrogen-bond donors (Lipinski definition) is 0. The number of aryl methyl sites for hydroxylation is 1. The molecule has 0 bridgehead atoms. The summed E-state index contributed by atoms with van der Waals surface area (Å²) >= 11 is 0. The molecule has 0 atom stereocenters. The summed E-state index contributed by atoms with van der Waals surface area (Å²) in [5.74, 6) is 0.444. The van der Waals surface area contributed by atoms with Gasteiger partial charge in [0.2, 0.25) is 0 Å². The summed E-state index contributed by atoms with van der Waals surface area (Å²) in [5, 5.41) is 0.847. The first kappa shape index (κ1) is 13.7. The van der Waals surface area contributed by atoms with Crippen LogP contribution < -0.4 is 0 Å². The fourth-order valence-electron chi connectivity index (χ4n) is 2.31. The Hall–Kier alpha value is -1.77. The summed E-state index contributed by atoms with van der Waals surface area (Å²) in [6, 6.07) is 7.61. The number of benzene rings is 1. The van der Waals surface area contributed by atoms with Gasteiger partial charge < -0.3 is 9.15 Å². The van der Waals surface area contributed by atoms with E-state index in [0.29, 0.717) is 5.56 Å². The highest BCUT2D eigenvalue weighted by Crippen LogP contribution is 2.27. The van der Waals surface area contributed by atoms with Crippen LogP contribution in [0.25, 0.3) is 11.0 Å². The summed E-state index contributed by atoms with van der Waals surface area (Å²) < 4.78 is 10.7. The first-order valence-electron chi connectivity index (χ1n) is 6.86. The Balaban J connectivity index is 2.28. The Morgan fingerprint density at radius 3 is 2.74 bits per heavy atom. The average molecular weight is 260 g/mol. The minimum absolute atomic E-state index is 0.310. The quantitative estimate of drug-likeness (QED) is 0.573. The van der Waals surface area contributed by atoms with Crippen molar-refractivity contribution in [3.8, 4) is 0 Å². The lowest BCUT2D eigenvalue weighted by Crippen LogP contribution is -2.03. The van der Waals surface area contributed by atoms with E-state index in [1.165, 1.54) is 20.0 Å². The van der Waals surface area contributed by atoms with Crippen LogP contribution in [0.4, 0.5) is 0 Å². The predicted molar refractivity (Wildman–Crippen MR) is 75.4 cm³/mol. The lowest BCUT2D eigenvalue weighted by atomic mass is 10.1. The van der Waals surface area contributed by atoms with E-state index in [2.05, 4.69) is 6.92 Å². The maximum atomic E-state index is 11.9. The van der Waals surface area contributed by atoms with E-state index in [0.717, 1.165) is 36.0 Å². The van der Waals surface area contributed by atoms with Gasteiger partial charge in [0.15, 0.2) is 0 Å². The fourth-order valence-corrected chi connectivity index (χ4v) is 2.31. The van der Waals surface area contributed by atoms with Crippen molar-refractivity contribution in [1.29, 1.82) is 0 Å². The van der Waals surface area contributed by atoms with Crippen LogP contribution in [-0.2, 0) is 11.2 Å². The molecular formula is C16H20O3. The van der Waals surface area contributed by atoms with Crippen molar-refractivity contribution < 1.29 is 13.9 Å². The largest absolute Gasteiger partial charge is 0.465 e. The smallest absolute Gasteiger partial charge is 0.342 e. The lowest BCUT2D eigenvalue weighted by molar-refractivity contribution is 0.0600. The van der Waals surface area contributed by atoms with Crippen LogP contribution in [0.15, 0.2) is 28.7 Å². The number of fused-ring (bicyclic) bond motifs is 1. The highest BCUT2D eigenvalue weighted by Gasteiger charge is 2.20. The van der Waals surface area contributed by atoms with Gasteiger partial charge in [0, 0.05) is 11.8 Å². The van der Waals surface area contributed by atoms with Gasteiger partial charge in [0.25, 0.3) is 0 Å². The third kappa shape index (κ3) is 2.98. The molecule has 0 aliphatic carbocycles. The van der Waals surface area contributed by atoms with Gasteiger partial charge in [-0.2, -0.15) is 0 Å². The number of para-hydroxylation sites is 1. The molecule has 2 rings (SSSR count). The zero-order valence-electron chi connectivity index (χ0n) is 11.6. The molecule has 0 saturated heterocycles. The van der Waals surface area contributed by atoms with E-state index in [1.54, 1.807) is 0 Å². The second kappa shape index (κ2) is 6.41. The normalized spacial score (nSPS) is 10.8. The van der Waals surface area contributed by atoms with Crippen LogP contribution in [0.5, 0.6) is 0 Å². The minimum Gasteiger partial charge on any atom is -0.465 e. The Morgan fingerprint density at radius 2 is 2.00 bits per heavy atom. The van der Waals surface area contributed by atoms with Crippen molar-refractivity contribution in [1.82, 2.24) is 0 Å². The molecule has 0 N–H and O–H groups in total. The molecule has 0 spiro atoms. The lowest BCUT2D eigenvalue weighted by Gasteiger charge is -2.01. The molecule has 0 aliphatic rings. The van der Waals surface area contributed by atoms with Crippen LogP contribution in [0.1, 0.15) is 48.7 Å². The van der Waals surface area contributed by atoms with Crippen molar-refractivity contribution in [3.63, 3.8) is 0 Å². The van der Waals surface area contributed by atoms with Crippen molar-refractivity contribution >= 4 is 16.9 Å². The standard InChI is InChI=1S/C16H20O3/c1-3-4-5-6-11-14-15(16(17)18-2)12-9-7-8-10-13(12)19-14/h7-10H,3-6,11H2,1-2H3. The number of ether oxygens (including phenoxy) is 1. The van der Waals surface area contributed by atoms with Gasteiger partial charge in [0.05, 0.1) is 7.11 Å². The van der Waals surface area contributed by atoms with Crippen LogP contribution in [0, 0.1) is 0 Å². The zero-order valence-corrected chi connectivity index (χ0v) is 11.6. The molecule has 1 aromatic heterocycles. The summed E-state index contributed by atoms with van der Waals surface area (Å²) in [7, 11) is 1.41. The molecule has 0 aliphatic heterocycles. The SMILES string of the molecule is CCCCCCc1oc2ccccc2c1C(=O)OC. The molecule has 3 nitrogen and oxygen atoms in total. The van der Waals surface area contributed by atoms with Crippen molar-refractivity contribution in [2.45, 2.75) is 39.0 Å². The number of furan rings is 1. The first-order valence-corrected chi connectivity index (χ1v) is 6.86. The van der Waals surface area contributed by atoms with Gasteiger partial charge in [-0.15, -0.1) is 0 Å². The summed E-state index contributed by atoms with van der Waals surface area (Å²) in [4.78, 5) is 11.9. The number of carbonyl (C=O) groups excluding carboxylic acids is 1. The number of rotatable bonds is 6. The highest BCUT2D eigenvalue weighted by molar-refractivity contribution is 6.04. The van der Waals surface area contributed by atoms with Crippen LogP contribution in [-0.4, -0.2) is 13.1 Å². The number of methoxy groups -OCH3 is 1. The first-order chi connectivity index (χ1) is 9.27. The van der Waals surface area contributed by atoms with Gasteiger partial charge in [-0.1, -0.05) is 44.4 Å². The molecule has 0 unspecified atom stereocenters. The summed E-state index contributed by atoms with van der Waals surface area (Å²) in [5.41, 5.74) is 1.35. The van der Waals surface area contributed by atoms with Gasteiger partial charge in [-0.25, -0.2) is 4.79 Å². The molecule has 102 valence electrons. The molecular weight excluding hydrogens is 240 g/mol. The molecule has 1 heterocycles. The number of hydrogen-bond acceptors (Lipinski definition) is 3. The molecule has 0 amide bonds. The van der Waals surface area contributed by atoms with Gasteiger partial charge in [0.1, 0.15) is 16.9 Å². The monoisotopic (exact) mass is 260 g/mol. The van der Waals surface area contributed by atoms with E-state index >= 15 is 0 Å². The maximum Gasteiger partial charge on any atom is 0.342 e. The molecule has 0 fully saturated rings. The Bertz CT molecular complexity index is 554. The van der Waals surface area contributed by atoms with Crippen LogP contribution in [0.3, 0.4) is 0 Å². The van der Waals surface area contributed by atoms with Gasteiger partial charge in [-0.3, -0.25) is 0 Å². The van der Waals surface area contributed by atoms with E-state index in [9.17, 15) is 4.79 Å². The zero-order chi connectivity index (χ0) is 13.7. The van der Waals surface area contributed by atoms with E-state index < -0.39 is 0 Å². The summed E-state index contributed by atoms with van der Waals surface area (Å²) in [6.07, 6.45) is 5.41. The molecule has 3 heteroatoms. The Kier molecular flexibility index (Phi) is 4.61. The van der Waals surface area contributed by atoms with Crippen molar-refractivity contribution in [2.24, 2.45) is 0 Å². The Morgan fingerprint density at radius 1 is 1.21 bits per heavy atom. The van der Waals surface area contributed by atoms with Crippen molar-refractivity contribution in [2.75, 3.05) is 7.11 Å². The highest BCUT2D eigenvalue weighted by atomic mass is 16.5. The third-order valence-corrected chi connectivity index (χ3v) is 3.32. The van der Waals surface area contributed by atoms with Gasteiger partial charge >= 0.3 is 5.97 Å². The molecule has 0 saturated carbocycles. The number of unbranched alkanes of at least 4 members (excludes halogenated alkanes) is 3. The molecule has 1 aromatic carbocycles. The second-order valence-corrected chi connectivity index (χ2v) is 4.70. The van der Waals surface area contributed by atoms with Crippen molar-refractivity contribution in [3.05, 3.63) is 35.6 Å². The second-order valence-electron chi connectivity index (χ2n) is 4.70. The van der Waals surface area contributed by atoms with E-state index in [-0.39, 0.29) is 5.97 Å². The maximum absolute atomic E-state index is 11.9. The van der Waals surface area contributed by atoms with Crippen LogP contribution >= 0.6 is 0 Å².